The maximum atomic E-state index is 11.8. The average Bonchev–Trinajstić information content (AvgIpc) is 3.04. The molecule has 0 aromatic carbocycles. The van der Waals surface area contributed by atoms with E-state index >= 15 is 0 Å². The van der Waals surface area contributed by atoms with Crippen LogP contribution < -0.4 is 10.6 Å². The highest BCUT2D eigenvalue weighted by Crippen LogP contribution is 2.24. The van der Waals surface area contributed by atoms with E-state index in [2.05, 4.69) is 21.7 Å². The van der Waals surface area contributed by atoms with Gasteiger partial charge in [-0.2, -0.15) is 5.26 Å². The molecule has 0 radical (unpaired) electrons. The molecule has 1 heterocycles. The number of nitrogens with one attached hydrogen (secondary N) is 2. The molecule has 3 unspecified atom stereocenters. The van der Waals surface area contributed by atoms with Crippen molar-refractivity contribution in [3.05, 3.63) is 0 Å². The van der Waals surface area contributed by atoms with Crippen LogP contribution in [0.15, 0.2) is 4.99 Å². The fraction of sp³-hybridized carbons (Fsp3) is 0.824. The van der Waals surface area contributed by atoms with Gasteiger partial charge in [0.2, 0.25) is 5.91 Å². The summed E-state index contributed by atoms with van der Waals surface area (Å²) in [5.41, 5.74) is 0. The molecule has 0 bridgehead atoms. The van der Waals surface area contributed by atoms with Crippen LogP contribution in [0.2, 0.25) is 0 Å². The summed E-state index contributed by atoms with van der Waals surface area (Å²) in [5, 5.41) is 15.9. The molecule has 8 heteroatoms. The van der Waals surface area contributed by atoms with E-state index in [4.69, 9.17) is 4.74 Å². The summed E-state index contributed by atoms with van der Waals surface area (Å²) in [6.07, 6.45) is 6.46. The average molecular weight is 463 g/mol. The van der Waals surface area contributed by atoms with Gasteiger partial charge in [0.1, 0.15) is 6.54 Å². The quantitative estimate of drug-likeness (QED) is 0.367. The molecule has 0 aromatic heterocycles. The highest BCUT2D eigenvalue weighted by molar-refractivity contribution is 14.0. The monoisotopic (exact) mass is 463 g/mol. The maximum Gasteiger partial charge on any atom is 0.243 e. The van der Waals surface area contributed by atoms with Crippen LogP contribution in [0.5, 0.6) is 0 Å². The lowest BCUT2D eigenvalue weighted by molar-refractivity contribution is -0.127. The minimum atomic E-state index is -0.0479. The van der Waals surface area contributed by atoms with E-state index in [1.165, 1.54) is 11.3 Å². The molecule has 2 aliphatic rings. The summed E-state index contributed by atoms with van der Waals surface area (Å²) in [7, 11) is 3.44. The van der Waals surface area contributed by atoms with Crippen LogP contribution in [0.1, 0.15) is 38.5 Å². The number of amides is 1. The van der Waals surface area contributed by atoms with Gasteiger partial charge in [-0.05, 0) is 38.5 Å². The second-order valence-corrected chi connectivity index (χ2v) is 6.74. The predicted molar refractivity (Wildman–Crippen MR) is 108 cm³/mol. The standard InChI is InChI=1S/C17H29N5O2.HI/c1-22(2)16(23)12-20-17(19-11-14-7-3-4-9-24-14)21-15-8-5-6-13(15)10-18;/h13-15H,3-9,11-12H2,1-2H3,(H2,19,20,21);1H. The van der Waals surface area contributed by atoms with E-state index in [0.29, 0.717) is 12.5 Å². The first-order chi connectivity index (χ1) is 11.6. The Morgan fingerprint density at radius 3 is 2.72 bits per heavy atom. The van der Waals surface area contributed by atoms with Crippen molar-refractivity contribution in [1.29, 1.82) is 5.26 Å². The number of halogens is 1. The lowest BCUT2D eigenvalue weighted by atomic mass is 10.1. The van der Waals surface area contributed by atoms with Crippen molar-refractivity contribution in [2.45, 2.75) is 50.7 Å². The minimum Gasteiger partial charge on any atom is -0.376 e. The van der Waals surface area contributed by atoms with Crippen LogP contribution in [0, 0.1) is 17.2 Å². The Labute approximate surface area is 167 Å². The summed E-state index contributed by atoms with van der Waals surface area (Å²) < 4.78 is 5.73. The summed E-state index contributed by atoms with van der Waals surface area (Å²) >= 11 is 0. The number of carbonyl (C=O) groups is 1. The van der Waals surface area contributed by atoms with E-state index in [1.54, 1.807) is 14.1 Å². The molecule has 1 saturated heterocycles. The molecule has 142 valence electrons. The molecule has 7 nitrogen and oxygen atoms in total. The van der Waals surface area contributed by atoms with Gasteiger partial charge in [-0.3, -0.25) is 4.79 Å². The SMILES string of the molecule is CN(C)C(=O)CN=C(NCC1CCCCO1)NC1CCCC1C#N.I. The molecule has 0 aromatic rings. The minimum absolute atomic E-state index is 0. The summed E-state index contributed by atoms with van der Waals surface area (Å²) in [4.78, 5) is 17.7. The Morgan fingerprint density at radius 1 is 1.28 bits per heavy atom. The number of carbonyl (C=O) groups excluding carboxylic acids is 1. The molecule has 1 aliphatic carbocycles. The summed E-state index contributed by atoms with van der Waals surface area (Å²) in [5.74, 6) is 0.562. The first kappa shape index (κ1) is 22.0. The molecule has 1 amide bonds. The molecule has 2 fully saturated rings. The Kier molecular flexibility index (Phi) is 10.1. The van der Waals surface area contributed by atoms with Gasteiger partial charge in [0, 0.05) is 33.3 Å². The van der Waals surface area contributed by atoms with Crippen molar-refractivity contribution in [3.8, 4) is 6.07 Å². The largest absolute Gasteiger partial charge is 0.376 e. The van der Waals surface area contributed by atoms with E-state index in [9.17, 15) is 10.1 Å². The zero-order valence-corrected chi connectivity index (χ0v) is 17.5. The van der Waals surface area contributed by atoms with Crippen LogP contribution in [-0.4, -0.2) is 62.7 Å². The first-order valence-electron chi connectivity index (χ1n) is 8.86. The maximum absolute atomic E-state index is 11.8. The lowest BCUT2D eigenvalue weighted by Crippen LogP contribution is -2.48. The zero-order valence-electron chi connectivity index (χ0n) is 15.2. The Balaban J connectivity index is 0.00000312. The molecule has 2 N–H and O–H groups in total. The fourth-order valence-electron chi connectivity index (χ4n) is 3.08. The fourth-order valence-corrected chi connectivity index (χ4v) is 3.08. The summed E-state index contributed by atoms with van der Waals surface area (Å²) in [6.45, 7) is 1.58. The number of hydrogen-bond donors (Lipinski definition) is 2. The molecule has 1 saturated carbocycles. The number of nitrogens with zero attached hydrogens (tertiary/aromatic N) is 3. The van der Waals surface area contributed by atoms with Gasteiger partial charge < -0.3 is 20.3 Å². The Hall–Kier alpha value is -1.08. The van der Waals surface area contributed by atoms with E-state index in [0.717, 1.165) is 38.7 Å². The summed E-state index contributed by atoms with van der Waals surface area (Å²) in [6, 6.07) is 2.46. The van der Waals surface area contributed by atoms with Gasteiger partial charge in [-0.15, -0.1) is 24.0 Å². The smallest absolute Gasteiger partial charge is 0.243 e. The molecule has 2 rings (SSSR count). The number of likely N-dealkylation sites (N-methyl/N-ethyl adjacent to an activating group) is 1. The highest BCUT2D eigenvalue weighted by Gasteiger charge is 2.28. The van der Waals surface area contributed by atoms with Gasteiger partial charge >= 0.3 is 0 Å². The highest BCUT2D eigenvalue weighted by atomic mass is 127. The van der Waals surface area contributed by atoms with Crippen LogP contribution >= 0.6 is 24.0 Å². The Bertz CT molecular complexity index is 486. The van der Waals surface area contributed by atoms with Crippen molar-refractivity contribution in [2.24, 2.45) is 10.9 Å². The van der Waals surface area contributed by atoms with Gasteiger partial charge in [0.25, 0.3) is 0 Å². The van der Waals surface area contributed by atoms with Crippen molar-refractivity contribution >= 4 is 35.8 Å². The molecular weight excluding hydrogens is 433 g/mol. The topological polar surface area (TPSA) is 89.8 Å². The van der Waals surface area contributed by atoms with Gasteiger partial charge in [-0.1, -0.05) is 0 Å². The molecular formula is C17H30IN5O2. The first-order valence-corrected chi connectivity index (χ1v) is 8.86. The third-order valence-electron chi connectivity index (χ3n) is 4.65. The van der Waals surface area contributed by atoms with Crippen molar-refractivity contribution in [1.82, 2.24) is 15.5 Å². The van der Waals surface area contributed by atoms with E-state index in [1.807, 2.05) is 0 Å². The van der Waals surface area contributed by atoms with Gasteiger partial charge in [0.15, 0.2) is 5.96 Å². The number of aliphatic imine (C=N–C) groups is 1. The lowest BCUT2D eigenvalue weighted by Gasteiger charge is -2.25. The van der Waals surface area contributed by atoms with Crippen molar-refractivity contribution in [2.75, 3.05) is 33.8 Å². The van der Waals surface area contributed by atoms with Gasteiger partial charge in [-0.25, -0.2) is 4.99 Å². The van der Waals surface area contributed by atoms with Crippen LogP contribution in [0.3, 0.4) is 0 Å². The van der Waals surface area contributed by atoms with Crippen LogP contribution in [0.4, 0.5) is 0 Å². The van der Waals surface area contributed by atoms with Crippen LogP contribution in [-0.2, 0) is 9.53 Å². The normalized spacial score (nSPS) is 26.3. The molecule has 25 heavy (non-hydrogen) atoms. The van der Waals surface area contributed by atoms with Gasteiger partial charge in [0.05, 0.1) is 18.1 Å². The predicted octanol–water partition coefficient (Wildman–Crippen LogP) is 1.49. The third-order valence-corrected chi connectivity index (χ3v) is 4.65. The number of rotatable bonds is 5. The molecule has 3 atom stereocenters. The number of ether oxygens (including phenoxy) is 1. The number of nitriles is 1. The van der Waals surface area contributed by atoms with Crippen LogP contribution in [0.25, 0.3) is 0 Å². The molecule has 1 aliphatic heterocycles. The van der Waals surface area contributed by atoms with E-state index in [-0.39, 0.29) is 54.5 Å². The third kappa shape index (κ3) is 7.36. The van der Waals surface area contributed by atoms with Crippen molar-refractivity contribution in [3.63, 3.8) is 0 Å². The molecule has 0 spiro atoms. The van der Waals surface area contributed by atoms with E-state index < -0.39 is 0 Å². The zero-order chi connectivity index (χ0) is 17.4. The Morgan fingerprint density at radius 2 is 2.08 bits per heavy atom. The number of hydrogen-bond acceptors (Lipinski definition) is 4. The number of guanidine groups is 1. The van der Waals surface area contributed by atoms with Crippen molar-refractivity contribution < 1.29 is 9.53 Å². The second kappa shape index (κ2) is 11.5. The second-order valence-electron chi connectivity index (χ2n) is 6.74.